The topological polar surface area (TPSA) is 26.3 Å². The zero-order valence-corrected chi connectivity index (χ0v) is 10.4. The average molecular weight is 232 g/mol. The number of benzene rings is 1. The second-order valence-corrected chi connectivity index (χ2v) is 4.70. The molecular formula is C15H20O2. The SMILES string of the molecule is CCc1ccc(CC(=O)C2CCOCC2)cc1. The van der Waals surface area contributed by atoms with Gasteiger partial charge in [-0.2, -0.15) is 0 Å². The number of hydrogen-bond acceptors (Lipinski definition) is 2. The molecule has 0 spiro atoms. The van der Waals surface area contributed by atoms with Crippen molar-refractivity contribution in [1.82, 2.24) is 0 Å². The molecule has 1 heterocycles. The normalized spacial score (nSPS) is 17.0. The van der Waals surface area contributed by atoms with E-state index in [2.05, 4.69) is 31.2 Å². The van der Waals surface area contributed by atoms with Crippen molar-refractivity contribution in [3.05, 3.63) is 35.4 Å². The zero-order chi connectivity index (χ0) is 12.1. The van der Waals surface area contributed by atoms with Crippen molar-refractivity contribution in [1.29, 1.82) is 0 Å². The van der Waals surface area contributed by atoms with Crippen molar-refractivity contribution in [2.24, 2.45) is 5.92 Å². The average Bonchev–Trinajstić information content (AvgIpc) is 2.40. The summed E-state index contributed by atoms with van der Waals surface area (Å²) in [6, 6.07) is 8.39. The molecule has 0 saturated carbocycles. The van der Waals surface area contributed by atoms with Crippen LogP contribution in [0.4, 0.5) is 0 Å². The Kier molecular flexibility index (Phi) is 4.32. The van der Waals surface area contributed by atoms with E-state index in [9.17, 15) is 4.79 Å². The number of aryl methyl sites for hydroxylation is 1. The number of carbonyl (C=O) groups excluding carboxylic acids is 1. The van der Waals surface area contributed by atoms with Gasteiger partial charge in [0.15, 0.2) is 0 Å². The van der Waals surface area contributed by atoms with Gasteiger partial charge in [0.25, 0.3) is 0 Å². The van der Waals surface area contributed by atoms with Crippen molar-refractivity contribution in [2.45, 2.75) is 32.6 Å². The van der Waals surface area contributed by atoms with Gasteiger partial charge in [-0.05, 0) is 30.4 Å². The van der Waals surface area contributed by atoms with Crippen LogP contribution in [0.2, 0.25) is 0 Å². The summed E-state index contributed by atoms with van der Waals surface area (Å²) in [6.07, 6.45) is 3.42. The fourth-order valence-corrected chi connectivity index (χ4v) is 2.26. The fourth-order valence-electron chi connectivity index (χ4n) is 2.26. The monoisotopic (exact) mass is 232 g/mol. The molecule has 0 unspecified atom stereocenters. The predicted molar refractivity (Wildman–Crippen MR) is 68.1 cm³/mol. The van der Waals surface area contributed by atoms with Gasteiger partial charge in [0.2, 0.25) is 0 Å². The molecule has 1 aromatic carbocycles. The van der Waals surface area contributed by atoms with Gasteiger partial charge in [-0.3, -0.25) is 4.79 Å². The Morgan fingerprint density at radius 3 is 2.35 bits per heavy atom. The van der Waals surface area contributed by atoms with E-state index in [1.807, 2.05) is 0 Å². The molecule has 0 radical (unpaired) electrons. The minimum absolute atomic E-state index is 0.217. The van der Waals surface area contributed by atoms with Gasteiger partial charge in [0.1, 0.15) is 5.78 Å². The highest BCUT2D eigenvalue weighted by molar-refractivity contribution is 5.83. The van der Waals surface area contributed by atoms with Gasteiger partial charge in [0, 0.05) is 25.6 Å². The first-order valence-electron chi connectivity index (χ1n) is 6.48. The molecule has 2 heteroatoms. The number of ether oxygens (including phenoxy) is 1. The Morgan fingerprint density at radius 2 is 1.76 bits per heavy atom. The summed E-state index contributed by atoms with van der Waals surface area (Å²) in [5.74, 6) is 0.590. The molecule has 1 saturated heterocycles. The van der Waals surface area contributed by atoms with Gasteiger partial charge in [-0.15, -0.1) is 0 Å². The van der Waals surface area contributed by atoms with Crippen LogP contribution in [0.15, 0.2) is 24.3 Å². The van der Waals surface area contributed by atoms with Crippen LogP contribution in [0.3, 0.4) is 0 Å². The molecule has 0 N–H and O–H groups in total. The second kappa shape index (κ2) is 5.97. The van der Waals surface area contributed by atoms with E-state index >= 15 is 0 Å². The minimum atomic E-state index is 0.217. The van der Waals surface area contributed by atoms with Gasteiger partial charge in [0.05, 0.1) is 0 Å². The van der Waals surface area contributed by atoms with E-state index in [0.717, 1.165) is 38.0 Å². The molecule has 1 aliphatic rings. The molecule has 2 nitrogen and oxygen atoms in total. The van der Waals surface area contributed by atoms with Crippen LogP contribution in [0.5, 0.6) is 0 Å². The number of carbonyl (C=O) groups is 1. The van der Waals surface area contributed by atoms with Gasteiger partial charge >= 0.3 is 0 Å². The van der Waals surface area contributed by atoms with E-state index < -0.39 is 0 Å². The van der Waals surface area contributed by atoms with Crippen molar-refractivity contribution >= 4 is 5.78 Å². The largest absolute Gasteiger partial charge is 0.381 e. The molecule has 1 aromatic rings. The summed E-state index contributed by atoms with van der Waals surface area (Å²) < 4.78 is 5.28. The Bertz CT molecular complexity index is 361. The first kappa shape index (κ1) is 12.3. The lowest BCUT2D eigenvalue weighted by Crippen LogP contribution is -2.24. The summed E-state index contributed by atoms with van der Waals surface area (Å²) in [6.45, 7) is 3.62. The van der Waals surface area contributed by atoms with Gasteiger partial charge in [-0.1, -0.05) is 31.2 Å². The predicted octanol–water partition coefficient (Wildman–Crippen LogP) is 2.79. The number of Topliss-reactive ketones (excluding diaryl/α,β-unsaturated/α-hetero) is 1. The number of ketones is 1. The van der Waals surface area contributed by atoms with E-state index in [-0.39, 0.29) is 5.92 Å². The van der Waals surface area contributed by atoms with Gasteiger partial charge in [-0.25, -0.2) is 0 Å². The van der Waals surface area contributed by atoms with Crippen molar-refractivity contribution in [3.63, 3.8) is 0 Å². The lowest BCUT2D eigenvalue weighted by Gasteiger charge is -2.20. The van der Waals surface area contributed by atoms with Crippen LogP contribution >= 0.6 is 0 Å². The summed E-state index contributed by atoms with van der Waals surface area (Å²) in [4.78, 5) is 12.1. The molecule has 17 heavy (non-hydrogen) atoms. The van der Waals surface area contributed by atoms with Crippen LogP contribution in [-0.4, -0.2) is 19.0 Å². The van der Waals surface area contributed by atoms with Crippen LogP contribution in [0.1, 0.15) is 30.9 Å². The van der Waals surface area contributed by atoms with Crippen LogP contribution in [-0.2, 0) is 22.4 Å². The standard InChI is InChI=1S/C15H20O2/c1-2-12-3-5-13(6-4-12)11-15(16)14-7-9-17-10-8-14/h3-6,14H,2,7-11H2,1H3. The molecular weight excluding hydrogens is 212 g/mol. The number of hydrogen-bond donors (Lipinski definition) is 0. The van der Waals surface area contributed by atoms with Crippen molar-refractivity contribution < 1.29 is 9.53 Å². The Morgan fingerprint density at radius 1 is 1.18 bits per heavy atom. The maximum absolute atomic E-state index is 12.1. The van der Waals surface area contributed by atoms with E-state index in [1.165, 1.54) is 5.56 Å². The Balaban J connectivity index is 1.92. The molecule has 0 atom stereocenters. The van der Waals surface area contributed by atoms with E-state index in [1.54, 1.807) is 0 Å². The Labute approximate surface area is 103 Å². The van der Waals surface area contributed by atoms with Crippen LogP contribution in [0, 0.1) is 5.92 Å². The maximum Gasteiger partial charge on any atom is 0.140 e. The van der Waals surface area contributed by atoms with Crippen LogP contribution < -0.4 is 0 Å². The summed E-state index contributed by atoms with van der Waals surface area (Å²) in [5, 5.41) is 0. The molecule has 1 aliphatic heterocycles. The van der Waals surface area contributed by atoms with Gasteiger partial charge < -0.3 is 4.74 Å². The molecule has 0 bridgehead atoms. The quantitative estimate of drug-likeness (QED) is 0.798. The van der Waals surface area contributed by atoms with E-state index in [4.69, 9.17) is 4.74 Å². The molecule has 0 amide bonds. The van der Waals surface area contributed by atoms with Crippen molar-refractivity contribution in [3.8, 4) is 0 Å². The third-order valence-corrected chi connectivity index (χ3v) is 3.49. The second-order valence-electron chi connectivity index (χ2n) is 4.70. The van der Waals surface area contributed by atoms with Crippen LogP contribution in [0.25, 0.3) is 0 Å². The highest BCUT2D eigenvalue weighted by Gasteiger charge is 2.21. The Hall–Kier alpha value is -1.15. The minimum Gasteiger partial charge on any atom is -0.381 e. The molecule has 2 rings (SSSR count). The molecule has 92 valence electrons. The third kappa shape index (κ3) is 3.40. The highest BCUT2D eigenvalue weighted by Crippen LogP contribution is 2.18. The lowest BCUT2D eigenvalue weighted by atomic mass is 9.91. The first-order valence-corrected chi connectivity index (χ1v) is 6.48. The molecule has 0 aromatic heterocycles. The number of rotatable bonds is 4. The maximum atomic E-state index is 12.1. The smallest absolute Gasteiger partial charge is 0.140 e. The fraction of sp³-hybridized carbons (Fsp3) is 0.533. The van der Waals surface area contributed by atoms with E-state index in [0.29, 0.717) is 12.2 Å². The molecule has 1 fully saturated rings. The summed E-state index contributed by atoms with van der Waals surface area (Å²) in [5.41, 5.74) is 2.46. The zero-order valence-electron chi connectivity index (χ0n) is 10.4. The third-order valence-electron chi connectivity index (χ3n) is 3.49. The van der Waals surface area contributed by atoms with Crippen molar-refractivity contribution in [2.75, 3.05) is 13.2 Å². The summed E-state index contributed by atoms with van der Waals surface area (Å²) >= 11 is 0. The first-order chi connectivity index (χ1) is 8.29. The highest BCUT2D eigenvalue weighted by atomic mass is 16.5. The molecule has 0 aliphatic carbocycles. The lowest BCUT2D eigenvalue weighted by molar-refractivity contribution is -0.125. The summed E-state index contributed by atoms with van der Waals surface area (Å²) in [7, 11) is 0.